The first kappa shape index (κ1) is 22.4. The maximum atomic E-state index is 12.6. The summed E-state index contributed by atoms with van der Waals surface area (Å²) < 4.78 is 31.2. The molecule has 0 aliphatic rings. The van der Waals surface area contributed by atoms with E-state index < -0.39 is 20.5 Å². The lowest BCUT2D eigenvalue weighted by Crippen LogP contribution is -2.40. The van der Waals surface area contributed by atoms with Crippen LogP contribution in [-0.4, -0.2) is 38.0 Å². The second-order valence-electron chi connectivity index (χ2n) is 8.51. The SMILES string of the molecule is CC(C)(C)NS(=O)(=O)c1ccc(Nc2ccn(Cc3cn4ccccc4n3)n2)c([N+](=O)[O-])c1. The molecule has 0 amide bonds. The van der Waals surface area contributed by atoms with Gasteiger partial charge in [0.15, 0.2) is 5.82 Å². The first-order valence-electron chi connectivity index (χ1n) is 10.1. The van der Waals surface area contributed by atoms with E-state index in [4.69, 9.17) is 0 Å². The molecule has 0 bridgehead atoms. The number of rotatable bonds is 7. The van der Waals surface area contributed by atoms with Crippen LogP contribution < -0.4 is 10.0 Å². The van der Waals surface area contributed by atoms with E-state index in [2.05, 4.69) is 20.1 Å². The number of pyridine rings is 1. The van der Waals surface area contributed by atoms with Crippen molar-refractivity contribution in [3.05, 3.63) is 76.9 Å². The average molecular weight is 470 g/mol. The Balaban J connectivity index is 1.55. The summed E-state index contributed by atoms with van der Waals surface area (Å²) in [6.07, 6.45) is 5.53. The van der Waals surface area contributed by atoms with E-state index in [0.717, 1.165) is 17.4 Å². The van der Waals surface area contributed by atoms with E-state index in [1.807, 2.05) is 35.0 Å². The molecule has 12 heteroatoms. The number of nitrogens with zero attached hydrogens (tertiary/aromatic N) is 5. The number of fused-ring (bicyclic) bond motifs is 1. The van der Waals surface area contributed by atoms with Crippen LogP contribution in [0.2, 0.25) is 0 Å². The van der Waals surface area contributed by atoms with E-state index in [0.29, 0.717) is 12.4 Å². The molecule has 11 nitrogen and oxygen atoms in total. The summed E-state index contributed by atoms with van der Waals surface area (Å²) in [5, 5.41) is 18.9. The quantitative estimate of drug-likeness (QED) is 0.313. The molecule has 0 atom stereocenters. The number of anilines is 2. The number of nitro groups is 1. The maximum Gasteiger partial charge on any atom is 0.294 e. The van der Waals surface area contributed by atoms with Crippen LogP contribution in [0.5, 0.6) is 0 Å². The highest BCUT2D eigenvalue weighted by Crippen LogP contribution is 2.30. The third-order valence-corrected chi connectivity index (χ3v) is 6.31. The van der Waals surface area contributed by atoms with Crippen LogP contribution in [0.15, 0.2) is 66.0 Å². The summed E-state index contributed by atoms with van der Waals surface area (Å²) in [5.74, 6) is 0.380. The highest BCUT2D eigenvalue weighted by molar-refractivity contribution is 7.89. The molecule has 0 spiro atoms. The predicted octanol–water partition coefficient (Wildman–Crippen LogP) is 3.31. The van der Waals surface area contributed by atoms with Crippen LogP contribution in [0, 0.1) is 10.1 Å². The second kappa shape index (κ2) is 8.30. The minimum atomic E-state index is -3.92. The number of imidazole rings is 1. The third-order valence-electron chi connectivity index (χ3n) is 4.56. The largest absolute Gasteiger partial charge is 0.333 e. The van der Waals surface area contributed by atoms with Crippen LogP contribution in [0.1, 0.15) is 26.5 Å². The van der Waals surface area contributed by atoms with Crippen molar-refractivity contribution < 1.29 is 13.3 Å². The molecule has 0 aliphatic heterocycles. The summed E-state index contributed by atoms with van der Waals surface area (Å²) in [6.45, 7) is 5.49. The molecule has 33 heavy (non-hydrogen) atoms. The third kappa shape index (κ3) is 5.18. The van der Waals surface area contributed by atoms with Gasteiger partial charge in [-0.2, -0.15) is 5.10 Å². The molecule has 4 rings (SSSR count). The van der Waals surface area contributed by atoms with Crippen LogP contribution >= 0.6 is 0 Å². The smallest absolute Gasteiger partial charge is 0.294 e. The van der Waals surface area contributed by atoms with Gasteiger partial charge in [-0.15, -0.1) is 0 Å². The fraction of sp³-hybridized carbons (Fsp3) is 0.238. The van der Waals surface area contributed by atoms with Gasteiger partial charge >= 0.3 is 0 Å². The van der Waals surface area contributed by atoms with E-state index >= 15 is 0 Å². The van der Waals surface area contributed by atoms with Gasteiger partial charge in [-0.1, -0.05) is 6.07 Å². The zero-order valence-corrected chi connectivity index (χ0v) is 19.1. The van der Waals surface area contributed by atoms with Gasteiger partial charge in [0.25, 0.3) is 5.69 Å². The molecule has 0 unspecified atom stereocenters. The Kier molecular flexibility index (Phi) is 5.64. The first-order chi connectivity index (χ1) is 15.5. The Bertz CT molecular complexity index is 1400. The zero-order chi connectivity index (χ0) is 23.8. The highest BCUT2D eigenvalue weighted by Gasteiger charge is 2.25. The number of benzene rings is 1. The van der Waals surface area contributed by atoms with E-state index in [1.54, 1.807) is 37.7 Å². The number of nitrogens with one attached hydrogen (secondary N) is 2. The van der Waals surface area contributed by atoms with Crippen molar-refractivity contribution in [1.29, 1.82) is 0 Å². The van der Waals surface area contributed by atoms with Crippen molar-refractivity contribution >= 4 is 32.9 Å². The number of aromatic nitrogens is 4. The van der Waals surface area contributed by atoms with Crippen molar-refractivity contribution in [2.24, 2.45) is 0 Å². The van der Waals surface area contributed by atoms with Crippen LogP contribution in [0.4, 0.5) is 17.2 Å². The molecule has 1 aromatic carbocycles. The average Bonchev–Trinajstić information content (AvgIpc) is 3.32. The molecule has 172 valence electrons. The fourth-order valence-electron chi connectivity index (χ4n) is 3.28. The van der Waals surface area contributed by atoms with E-state index in [-0.39, 0.29) is 16.3 Å². The lowest BCUT2D eigenvalue weighted by Gasteiger charge is -2.20. The molecule has 0 fully saturated rings. The molecular formula is C21H23N7O4S. The van der Waals surface area contributed by atoms with Gasteiger partial charge < -0.3 is 9.72 Å². The van der Waals surface area contributed by atoms with Crippen LogP contribution in [0.3, 0.4) is 0 Å². The normalized spacial score (nSPS) is 12.2. The van der Waals surface area contributed by atoms with Crippen molar-refractivity contribution in [1.82, 2.24) is 23.9 Å². The first-order valence-corrected chi connectivity index (χ1v) is 11.5. The molecule has 0 aliphatic carbocycles. The number of nitro benzene ring substituents is 1. The zero-order valence-electron chi connectivity index (χ0n) is 18.3. The molecule has 2 N–H and O–H groups in total. The van der Waals surface area contributed by atoms with Crippen LogP contribution in [0.25, 0.3) is 5.65 Å². The summed E-state index contributed by atoms with van der Waals surface area (Å²) in [6, 6.07) is 11.1. The fourth-order valence-corrected chi connectivity index (χ4v) is 4.72. The van der Waals surface area contributed by atoms with Gasteiger partial charge in [0.1, 0.15) is 11.3 Å². The standard InChI is InChI=1S/C21H23N7O4S/c1-21(2,3)25-33(31,32)16-7-8-17(18(12-16)28(29)30)23-19-9-11-27(24-19)14-15-13-26-10-5-4-6-20(26)22-15/h4-13,25H,14H2,1-3H3,(H,23,24). The number of hydrogen-bond donors (Lipinski definition) is 2. The lowest BCUT2D eigenvalue weighted by atomic mass is 10.1. The van der Waals surface area contributed by atoms with Crippen molar-refractivity contribution in [2.45, 2.75) is 37.8 Å². The molecule has 0 saturated carbocycles. The molecule has 4 aromatic rings. The van der Waals surface area contributed by atoms with Gasteiger partial charge in [0.2, 0.25) is 10.0 Å². The minimum Gasteiger partial charge on any atom is -0.333 e. The number of hydrogen-bond acceptors (Lipinski definition) is 7. The Hall–Kier alpha value is -3.77. The van der Waals surface area contributed by atoms with Gasteiger partial charge in [-0.25, -0.2) is 18.1 Å². The summed E-state index contributed by atoms with van der Waals surface area (Å²) in [5.41, 5.74) is 0.667. The van der Waals surface area contributed by atoms with Gasteiger partial charge in [0.05, 0.1) is 22.1 Å². The molecule has 0 saturated heterocycles. The monoisotopic (exact) mass is 469 g/mol. The minimum absolute atomic E-state index is 0.132. The molecular weight excluding hydrogens is 446 g/mol. The molecule has 3 heterocycles. The summed E-state index contributed by atoms with van der Waals surface area (Å²) in [7, 11) is -3.92. The summed E-state index contributed by atoms with van der Waals surface area (Å²) in [4.78, 5) is 15.3. The van der Waals surface area contributed by atoms with Crippen molar-refractivity contribution in [2.75, 3.05) is 5.32 Å². The topological polar surface area (TPSA) is 136 Å². The maximum absolute atomic E-state index is 12.6. The molecule has 3 aromatic heterocycles. The Labute approximate surface area is 190 Å². The van der Waals surface area contributed by atoms with Gasteiger partial charge in [-0.05, 0) is 45.0 Å². The predicted molar refractivity (Wildman–Crippen MR) is 123 cm³/mol. The molecule has 0 radical (unpaired) electrons. The van der Waals surface area contributed by atoms with Crippen molar-refractivity contribution in [3.63, 3.8) is 0 Å². The highest BCUT2D eigenvalue weighted by atomic mass is 32.2. The van der Waals surface area contributed by atoms with E-state index in [9.17, 15) is 18.5 Å². The van der Waals surface area contributed by atoms with E-state index in [1.165, 1.54) is 12.1 Å². The Morgan fingerprint density at radius 1 is 1.12 bits per heavy atom. The number of sulfonamides is 1. The lowest BCUT2D eigenvalue weighted by molar-refractivity contribution is -0.384. The Morgan fingerprint density at radius 2 is 1.91 bits per heavy atom. The Morgan fingerprint density at radius 3 is 2.61 bits per heavy atom. The second-order valence-corrected chi connectivity index (χ2v) is 10.2. The van der Waals surface area contributed by atoms with Crippen LogP contribution in [-0.2, 0) is 16.6 Å². The van der Waals surface area contributed by atoms with Gasteiger partial charge in [-0.3, -0.25) is 14.8 Å². The van der Waals surface area contributed by atoms with Crippen molar-refractivity contribution in [3.8, 4) is 0 Å². The summed E-state index contributed by atoms with van der Waals surface area (Å²) >= 11 is 0. The van der Waals surface area contributed by atoms with Gasteiger partial charge in [0, 0.05) is 36.3 Å².